The molecule has 0 atom stereocenters. The van der Waals surface area contributed by atoms with Crippen LogP contribution in [0.1, 0.15) is 97.6 Å². The Morgan fingerprint density at radius 2 is 0.775 bits per heavy atom. The zero-order valence-electron chi connectivity index (χ0n) is 25.7. The van der Waals surface area contributed by atoms with Crippen molar-refractivity contribution in [1.82, 2.24) is 0 Å². The maximum Gasteiger partial charge on any atom is 0.303 e. The van der Waals surface area contributed by atoms with E-state index in [1.54, 1.807) is 0 Å². The van der Waals surface area contributed by atoms with Crippen molar-refractivity contribution in [2.75, 3.05) is 6.16 Å². The minimum absolute atomic E-state index is 0. The van der Waals surface area contributed by atoms with E-state index in [-0.39, 0.29) is 24.0 Å². The first kappa shape index (κ1) is 34.5. The van der Waals surface area contributed by atoms with E-state index in [4.69, 9.17) is 5.11 Å². The SMILES string of the molecule is Cc1cc(C)cc([P+](CCCCCCCCCCCC(=O)O)(c2cc(C)cc(C)c2)c2cc(C)cc(C)c2)c1.[I-]. The normalized spacial score (nSPS) is 11.3. The molecule has 0 heterocycles. The van der Waals surface area contributed by atoms with Crippen molar-refractivity contribution < 1.29 is 33.9 Å². The van der Waals surface area contributed by atoms with Crippen molar-refractivity contribution in [3.63, 3.8) is 0 Å². The minimum Gasteiger partial charge on any atom is -1.00 e. The maximum atomic E-state index is 10.7. The summed E-state index contributed by atoms with van der Waals surface area (Å²) >= 11 is 0. The molecule has 0 aliphatic carbocycles. The van der Waals surface area contributed by atoms with Crippen LogP contribution in [0.15, 0.2) is 54.6 Å². The first-order chi connectivity index (χ1) is 18.6. The van der Waals surface area contributed by atoms with Gasteiger partial charge in [-0.2, -0.15) is 0 Å². The standard InChI is InChI=1S/C36H49O2P.HI/c1-27-18-28(2)22-33(21-27)39(34-23-29(3)19-30(4)24-34,35-25-31(5)20-32(6)26-35)17-15-13-11-9-7-8-10-12-14-16-36(37)38;/h18-26H,7-17H2,1-6H3;1H. The molecule has 2 nitrogen and oxygen atoms in total. The molecule has 0 amide bonds. The van der Waals surface area contributed by atoms with Gasteiger partial charge in [-0.1, -0.05) is 56.7 Å². The molecule has 0 saturated heterocycles. The fourth-order valence-corrected chi connectivity index (χ4v) is 11.1. The summed E-state index contributed by atoms with van der Waals surface area (Å²) in [7, 11) is -1.85. The molecule has 0 spiro atoms. The van der Waals surface area contributed by atoms with Crippen LogP contribution in [0.2, 0.25) is 0 Å². The fraction of sp³-hybridized carbons (Fsp3) is 0.472. The van der Waals surface area contributed by atoms with Crippen molar-refractivity contribution in [3.05, 3.63) is 88.0 Å². The average molecular weight is 673 g/mol. The number of aryl methyl sites for hydroxylation is 6. The number of carboxylic acid groups (broad SMARTS) is 1. The van der Waals surface area contributed by atoms with E-state index in [1.807, 2.05) is 0 Å². The fourth-order valence-electron chi connectivity index (χ4n) is 6.21. The van der Waals surface area contributed by atoms with Crippen LogP contribution < -0.4 is 39.9 Å². The van der Waals surface area contributed by atoms with Gasteiger partial charge in [-0.25, -0.2) is 0 Å². The van der Waals surface area contributed by atoms with Crippen molar-refractivity contribution in [2.24, 2.45) is 0 Å². The zero-order valence-corrected chi connectivity index (χ0v) is 28.7. The van der Waals surface area contributed by atoms with Crippen LogP contribution in [-0.2, 0) is 4.79 Å². The summed E-state index contributed by atoms with van der Waals surface area (Å²) < 4.78 is 0. The van der Waals surface area contributed by atoms with E-state index in [0.29, 0.717) is 6.42 Å². The van der Waals surface area contributed by atoms with Gasteiger partial charge in [-0.3, -0.25) is 4.79 Å². The molecule has 0 bridgehead atoms. The second-order valence-electron chi connectivity index (χ2n) is 11.9. The van der Waals surface area contributed by atoms with Crippen LogP contribution >= 0.6 is 7.26 Å². The second-order valence-corrected chi connectivity index (χ2v) is 15.5. The summed E-state index contributed by atoms with van der Waals surface area (Å²) in [4.78, 5) is 10.7. The van der Waals surface area contributed by atoms with Gasteiger partial charge in [0.2, 0.25) is 0 Å². The van der Waals surface area contributed by atoms with Gasteiger partial charge in [0.15, 0.2) is 0 Å². The highest BCUT2D eigenvalue weighted by atomic mass is 127. The first-order valence-electron chi connectivity index (χ1n) is 15.0. The van der Waals surface area contributed by atoms with Gasteiger partial charge in [-0.15, -0.1) is 0 Å². The molecular formula is C36H50IO2P. The van der Waals surface area contributed by atoms with Crippen LogP contribution in [0.3, 0.4) is 0 Å². The molecule has 3 rings (SSSR count). The molecule has 0 aromatic heterocycles. The molecule has 4 heteroatoms. The molecule has 0 fully saturated rings. The van der Waals surface area contributed by atoms with Crippen LogP contribution in [-0.4, -0.2) is 17.2 Å². The molecule has 0 radical (unpaired) electrons. The Hall–Kier alpha value is -1.71. The lowest BCUT2D eigenvalue weighted by Crippen LogP contribution is -3.00. The number of halogens is 1. The highest BCUT2D eigenvalue weighted by Gasteiger charge is 2.45. The number of aliphatic carboxylic acids is 1. The van der Waals surface area contributed by atoms with Gasteiger partial charge < -0.3 is 29.1 Å². The molecule has 0 aliphatic heterocycles. The lowest BCUT2D eigenvalue weighted by Gasteiger charge is -2.29. The third-order valence-corrected chi connectivity index (χ3v) is 12.2. The van der Waals surface area contributed by atoms with Crippen LogP contribution in [0, 0.1) is 41.5 Å². The molecule has 40 heavy (non-hydrogen) atoms. The Labute approximate surface area is 261 Å². The zero-order chi connectivity index (χ0) is 28.4. The van der Waals surface area contributed by atoms with Gasteiger partial charge in [-0.05, 0) is 131 Å². The predicted octanol–water partition coefficient (Wildman–Crippen LogP) is 5.82. The molecule has 0 unspecified atom stereocenters. The van der Waals surface area contributed by atoms with Gasteiger partial charge in [0.1, 0.15) is 23.2 Å². The van der Waals surface area contributed by atoms with E-state index >= 15 is 0 Å². The molecule has 3 aromatic carbocycles. The maximum absolute atomic E-state index is 10.7. The van der Waals surface area contributed by atoms with Crippen molar-refractivity contribution in [3.8, 4) is 0 Å². The van der Waals surface area contributed by atoms with Gasteiger partial charge in [0, 0.05) is 6.42 Å². The number of unbranched alkanes of at least 4 members (excludes halogenated alkanes) is 8. The van der Waals surface area contributed by atoms with Crippen molar-refractivity contribution in [1.29, 1.82) is 0 Å². The number of hydrogen-bond donors (Lipinski definition) is 1. The third-order valence-electron chi connectivity index (χ3n) is 7.83. The number of hydrogen-bond acceptors (Lipinski definition) is 1. The highest BCUT2D eigenvalue weighted by molar-refractivity contribution is 7.95. The van der Waals surface area contributed by atoms with E-state index in [1.165, 1.54) is 94.0 Å². The summed E-state index contributed by atoms with van der Waals surface area (Å²) in [5.41, 5.74) is 8.12. The van der Waals surface area contributed by atoms with Crippen molar-refractivity contribution in [2.45, 2.75) is 106 Å². The minimum atomic E-state index is -1.85. The van der Waals surface area contributed by atoms with Crippen LogP contribution in [0.5, 0.6) is 0 Å². The van der Waals surface area contributed by atoms with Gasteiger partial charge in [0.05, 0.1) is 6.16 Å². The van der Waals surface area contributed by atoms with E-state index in [2.05, 4.69) is 96.1 Å². The smallest absolute Gasteiger partial charge is 0.303 e. The van der Waals surface area contributed by atoms with Gasteiger partial charge >= 0.3 is 5.97 Å². The quantitative estimate of drug-likeness (QED) is 0.126. The lowest BCUT2D eigenvalue weighted by atomic mass is 10.1. The molecule has 3 aromatic rings. The molecule has 218 valence electrons. The van der Waals surface area contributed by atoms with Crippen molar-refractivity contribution >= 4 is 29.1 Å². The Kier molecular flexibility index (Phi) is 14.4. The third kappa shape index (κ3) is 9.98. The Morgan fingerprint density at radius 1 is 0.500 bits per heavy atom. The number of carbonyl (C=O) groups is 1. The Bertz CT molecular complexity index is 1060. The number of rotatable bonds is 15. The van der Waals surface area contributed by atoms with E-state index in [0.717, 1.165) is 19.3 Å². The number of carboxylic acids is 1. The summed E-state index contributed by atoms with van der Waals surface area (Å²) in [6.07, 6.45) is 12.1. The lowest BCUT2D eigenvalue weighted by molar-refractivity contribution is -0.137. The summed E-state index contributed by atoms with van der Waals surface area (Å²) in [6, 6.07) is 21.8. The summed E-state index contributed by atoms with van der Waals surface area (Å²) in [5.74, 6) is -0.670. The van der Waals surface area contributed by atoms with Crippen LogP contribution in [0.25, 0.3) is 0 Å². The summed E-state index contributed by atoms with van der Waals surface area (Å²) in [5, 5.41) is 13.4. The Morgan fingerprint density at radius 3 is 1.07 bits per heavy atom. The van der Waals surface area contributed by atoms with Crippen LogP contribution in [0.4, 0.5) is 0 Å². The molecular weight excluding hydrogens is 622 g/mol. The van der Waals surface area contributed by atoms with Gasteiger partial charge in [0.25, 0.3) is 0 Å². The second kappa shape index (κ2) is 16.7. The summed E-state index contributed by atoms with van der Waals surface area (Å²) in [6.45, 7) is 13.5. The molecule has 0 aliphatic rings. The predicted molar refractivity (Wildman–Crippen MR) is 172 cm³/mol. The monoisotopic (exact) mass is 672 g/mol. The topological polar surface area (TPSA) is 37.3 Å². The van der Waals surface area contributed by atoms with E-state index < -0.39 is 13.2 Å². The highest BCUT2D eigenvalue weighted by Crippen LogP contribution is 2.57. The van der Waals surface area contributed by atoms with E-state index in [9.17, 15) is 4.79 Å². The average Bonchev–Trinajstić information content (AvgIpc) is 2.83. The largest absolute Gasteiger partial charge is 1.00 e. The Balaban J connectivity index is 0.00000560. The molecule has 1 N–H and O–H groups in total. The molecule has 0 saturated carbocycles. The first-order valence-corrected chi connectivity index (χ1v) is 16.9. The number of benzene rings is 3.